The maximum atomic E-state index is 10.9. The van der Waals surface area contributed by atoms with Gasteiger partial charge in [-0.3, -0.25) is 19.2 Å². The molecule has 0 amide bonds. The molecule has 1 aromatic carbocycles. The fourth-order valence-corrected chi connectivity index (χ4v) is 0.887. The van der Waals surface area contributed by atoms with Crippen LogP contribution in [-0.2, 0) is 0 Å². The smallest absolute Gasteiger partial charge is 0.277 e. The Kier molecular flexibility index (Phi) is 1.76. The Labute approximate surface area is 66.8 Å². The molecule has 0 spiro atoms. The van der Waals surface area contributed by atoms with Gasteiger partial charge in [-0.25, -0.2) is 0 Å². The van der Waals surface area contributed by atoms with Crippen LogP contribution >= 0.6 is 0 Å². The first-order chi connectivity index (χ1) is 5.46. The summed E-state index contributed by atoms with van der Waals surface area (Å²) in [6.07, 6.45) is 0. The molecule has 62 valence electrons. The quantitative estimate of drug-likeness (QED) is 0.445. The molecule has 0 bridgehead atoms. The third-order valence-corrected chi connectivity index (χ3v) is 1.86. The zero-order chi connectivity index (χ0) is 9.46. The summed E-state index contributed by atoms with van der Waals surface area (Å²) in [4.78, 5) is 43.3. The van der Waals surface area contributed by atoms with Gasteiger partial charge in [0.1, 0.15) is 0 Å². The predicted molar refractivity (Wildman–Crippen MR) is 43.4 cm³/mol. The second-order valence-electron chi connectivity index (χ2n) is 2.57. The van der Waals surface area contributed by atoms with Crippen molar-refractivity contribution in [1.29, 1.82) is 0 Å². The SMILES string of the molecule is Cc1c(C)c(=O)c(=O)c(=O)c1=O. The highest BCUT2D eigenvalue weighted by Gasteiger charge is 2.11. The van der Waals surface area contributed by atoms with E-state index in [-0.39, 0.29) is 11.1 Å². The standard InChI is InChI=1S/C8H6O4/c1-3-4(2)6(10)8(12)7(11)5(3)9/h1-2H3. The van der Waals surface area contributed by atoms with E-state index >= 15 is 0 Å². The highest BCUT2D eigenvalue weighted by Crippen LogP contribution is 1.86. The molecule has 12 heavy (non-hydrogen) atoms. The van der Waals surface area contributed by atoms with Crippen molar-refractivity contribution in [1.82, 2.24) is 0 Å². The Morgan fingerprint density at radius 2 is 0.833 bits per heavy atom. The molecule has 0 aliphatic carbocycles. The Morgan fingerprint density at radius 1 is 0.583 bits per heavy atom. The van der Waals surface area contributed by atoms with Crippen LogP contribution in [0.2, 0.25) is 0 Å². The van der Waals surface area contributed by atoms with E-state index in [2.05, 4.69) is 0 Å². The lowest BCUT2D eigenvalue weighted by Crippen LogP contribution is -2.48. The van der Waals surface area contributed by atoms with Gasteiger partial charge in [0.2, 0.25) is 10.9 Å². The van der Waals surface area contributed by atoms with E-state index < -0.39 is 21.7 Å². The first-order valence-corrected chi connectivity index (χ1v) is 3.32. The van der Waals surface area contributed by atoms with Crippen LogP contribution in [-0.4, -0.2) is 0 Å². The summed E-state index contributed by atoms with van der Waals surface area (Å²) >= 11 is 0. The lowest BCUT2D eigenvalue weighted by Gasteiger charge is -1.90. The van der Waals surface area contributed by atoms with Gasteiger partial charge >= 0.3 is 0 Å². The second kappa shape index (κ2) is 2.48. The summed E-state index contributed by atoms with van der Waals surface area (Å²) < 4.78 is 0. The molecule has 0 aromatic heterocycles. The number of hydrogen-bond donors (Lipinski definition) is 0. The molecule has 0 saturated carbocycles. The van der Waals surface area contributed by atoms with Gasteiger partial charge in [0.15, 0.2) is 0 Å². The molecule has 0 saturated heterocycles. The Hall–Kier alpha value is -1.58. The minimum atomic E-state index is -1.22. The highest BCUT2D eigenvalue weighted by molar-refractivity contribution is 5.24. The molecule has 0 aliphatic heterocycles. The zero-order valence-corrected chi connectivity index (χ0v) is 6.63. The monoisotopic (exact) mass is 166 g/mol. The molecule has 1 aromatic rings. The van der Waals surface area contributed by atoms with E-state index in [0.717, 1.165) is 0 Å². The summed E-state index contributed by atoms with van der Waals surface area (Å²) in [7, 11) is 0. The first-order valence-electron chi connectivity index (χ1n) is 3.32. The van der Waals surface area contributed by atoms with Crippen molar-refractivity contribution in [2.45, 2.75) is 13.8 Å². The topological polar surface area (TPSA) is 68.3 Å². The number of rotatable bonds is 0. The molecule has 0 atom stereocenters. The van der Waals surface area contributed by atoms with Crippen molar-refractivity contribution in [3.05, 3.63) is 52.0 Å². The van der Waals surface area contributed by atoms with Gasteiger partial charge < -0.3 is 0 Å². The summed E-state index contributed by atoms with van der Waals surface area (Å²) in [5.74, 6) is 0. The van der Waals surface area contributed by atoms with Crippen LogP contribution in [0.25, 0.3) is 0 Å². The normalized spacial score (nSPS) is 10.2. The van der Waals surface area contributed by atoms with Crippen LogP contribution in [0.1, 0.15) is 11.1 Å². The summed E-state index contributed by atoms with van der Waals surface area (Å²) in [5.41, 5.74) is -4.02. The third kappa shape index (κ3) is 0.922. The van der Waals surface area contributed by atoms with Crippen LogP contribution in [0, 0.1) is 13.8 Å². The number of benzene rings is 1. The molecule has 0 N–H and O–H groups in total. The van der Waals surface area contributed by atoms with Crippen molar-refractivity contribution < 1.29 is 0 Å². The van der Waals surface area contributed by atoms with E-state index in [1.54, 1.807) is 0 Å². The molecule has 0 heterocycles. The van der Waals surface area contributed by atoms with Gasteiger partial charge in [0, 0.05) is 11.1 Å². The second-order valence-corrected chi connectivity index (χ2v) is 2.57. The molecule has 0 radical (unpaired) electrons. The maximum absolute atomic E-state index is 10.9. The average molecular weight is 166 g/mol. The molecule has 4 nitrogen and oxygen atoms in total. The van der Waals surface area contributed by atoms with Crippen molar-refractivity contribution in [3.63, 3.8) is 0 Å². The van der Waals surface area contributed by atoms with Crippen LogP contribution in [0.4, 0.5) is 0 Å². The van der Waals surface area contributed by atoms with E-state index in [0.29, 0.717) is 0 Å². The summed E-state index contributed by atoms with van der Waals surface area (Å²) in [5, 5.41) is 0. The van der Waals surface area contributed by atoms with Gasteiger partial charge in [0.05, 0.1) is 0 Å². The van der Waals surface area contributed by atoms with Crippen LogP contribution in [0.5, 0.6) is 0 Å². The molecular formula is C8H6O4. The fourth-order valence-electron chi connectivity index (χ4n) is 0.887. The van der Waals surface area contributed by atoms with E-state index in [9.17, 15) is 19.2 Å². The van der Waals surface area contributed by atoms with Gasteiger partial charge in [-0.2, -0.15) is 0 Å². The van der Waals surface area contributed by atoms with Gasteiger partial charge in [-0.15, -0.1) is 0 Å². The van der Waals surface area contributed by atoms with Crippen molar-refractivity contribution >= 4 is 0 Å². The third-order valence-electron chi connectivity index (χ3n) is 1.86. The molecule has 4 heteroatoms. The van der Waals surface area contributed by atoms with E-state index in [1.807, 2.05) is 0 Å². The van der Waals surface area contributed by atoms with Gasteiger partial charge in [-0.1, -0.05) is 0 Å². The molecule has 1 rings (SSSR count). The maximum Gasteiger partial charge on any atom is 0.277 e. The largest absolute Gasteiger partial charge is 0.285 e. The van der Waals surface area contributed by atoms with Crippen molar-refractivity contribution in [3.8, 4) is 0 Å². The van der Waals surface area contributed by atoms with Crippen LogP contribution in [0.3, 0.4) is 0 Å². The minimum absolute atomic E-state index is 0.0737. The van der Waals surface area contributed by atoms with Gasteiger partial charge in [-0.05, 0) is 13.8 Å². The summed E-state index contributed by atoms with van der Waals surface area (Å²) in [6.45, 7) is 2.72. The summed E-state index contributed by atoms with van der Waals surface area (Å²) in [6, 6.07) is 0. The Balaban J connectivity index is 4.15. The van der Waals surface area contributed by atoms with Crippen LogP contribution < -0.4 is 21.7 Å². The minimum Gasteiger partial charge on any atom is -0.285 e. The van der Waals surface area contributed by atoms with Crippen LogP contribution in [0.15, 0.2) is 19.2 Å². The first kappa shape index (κ1) is 8.52. The van der Waals surface area contributed by atoms with E-state index in [1.165, 1.54) is 13.8 Å². The number of hydrogen-bond acceptors (Lipinski definition) is 4. The average Bonchev–Trinajstić information content (AvgIpc) is 2.08. The molecular weight excluding hydrogens is 160 g/mol. The van der Waals surface area contributed by atoms with Crippen molar-refractivity contribution in [2.24, 2.45) is 0 Å². The Morgan fingerprint density at radius 3 is 1.08 bits per heavy atom. The van der Waals surface area contributed by atoms with Crippen molar-refractivity contribution in [2.75, 3.05) is 0 Å². The molecule has 0 unspecified atom stereocenters. The zero-order valence-electron chi connectivity index (χ0n) is 6.63. The highest BCUT2D eigenvalue weighted by atomic mass is 16.2. The molecule has 0 fully saturated rings. The fraction of sp³-hybridized carbons (Fsp3) is 0.250. The van der Waals surface area contributed by atoms with Gasteiger partial charge in [0.25, 0.3) is 10.9 Å². The molecule has 0 aliphatic rings. The van der Waals surface area contributed by atoms with E-state index in [4.69, 9.17) is 0 Å². The Bertz CT molecular complexity index is 469. The lowest BCUT2D eigenvalue weighted by molar-refractivity contribution is 1.19. The predicted octanol–water partition coefficient (Wildman–Crippen LogP) is -1.38. The lowest BCUT2D eigenvalue weighted by atomic mass is 10.1.